The maximum atomic E-state index is 8.53. The molecule has 70 valence electrons. The Balaban J connectivity index is 0. The van der Waals surface area contributed by atoms with Gasteiger partial charge >= 0.3 is 8.56 Å². The van der Waals surface area contributed by atoms with Gasteiger partial charge in [-0.05, 0) is 19.0 Å². The summed E-state index contributed by atoms with van der Waals surface area (Å²) in [6.45, 7) is 2.21. The third kappa shape index (κ3) is 5.76. The molecule has 0 amide bonds. The molecule has 0 aromatic rings. The summed E-state index contributed by atoms with van der Waals surface area (Å²) >= 11 is 0. The molecule has 0 fully saturated rings. The molecule has 0 aliphatic heterocycles. The van der Waals surface area contributed by atoms with E-state index >= 15 is 0 Å². The van der Waals surface area contributed by atoms with Crippen molar-refractivity contribution >= 4 is 18.5 Å². The second-order valence-corrected chi connectivity index (χ2v) is 5.95. The van der Waals surface area contributed by atoms with E-state index in [1.54, 1.807) is 14.2 Å². The molecule has 0 radical (unpaired) electrons. The van der Waals surface area contributed by atoms with Crippen molar-refractivity contribution in [3.8, 4) is 0 Å². The summed E-state index contributed by atoms with van der Waals surface area (Å²) in [5.74, 6) is 0. The van der Waals surface area contributed by atoms with Gasteiger partial charge in [0.05, 0.1) is 0 Å². The van der Waals surface area contributed by atoms with Crippen molar-refractivity contribution in [3.05, 3.63) is 0 Å². The van der Waals surface area contributed by atoms with Gasteiger partial charge in [-0.15, -0.1) is 0 Å². The van der Waals surface area contributed by atoms with Crippen LogP contribution in [0.15, 0.2) is 0 Å². The molecule has 1 atom stereocenters. The van der Waals surface area contributed by atoms with Crippen molar-refractivity contribution in [2.75, 3.05) is 20.8 Å². The maximum Gasteiger partial charge on any atom is 0.334 e. The first-order chi connectivity index (χ1) is 4.68. The number of aliphatic hydroxyl groups is 1. The van der Waals surface area contributed by atoms with Crippen LogP contribution < -0.4 is 0 Å². The van der Waals surface area contributed by atoms with E-state index in [4.69, 9.17) is 14.0 Å². The summed E-state index contributed by atoms with van der Waals surface area (Å²) in [5.41, 5.74) is 0. The Bertz CT molecular complexity index is 87.9. The van der Waals surface area contributed by atoms with Gasteiger partial charge in [0.1, 0.15) is 0 Å². The van der Waals surface area contributed by atoms with Gasteiger partial charge in [-0.2, -0.15) is 9.90 Å². The average Bonchev–Trinajstić information content (AvgIpc) is 2.00. The summed E-state index contributed by atoms with van der Waals surface area (Å²) in [5, 5.41) is 8.53. The molecule has 0 aliphatic rings. The fourth-order valence-electron chi connectivity index (χ4n) is 0.688. The van der Waals surface area contributed by atoms with Crippen LogP contribution in [-0.2, 0) is 8.85 Å². The molecule has 1 N–H and O–H groups in total. The van der Waals surface area contributed by atoms with Crippen LogP contribution in [0.3, 0.4) is 0 Å². The molecule has 0 aromatic carbocycles. The summed E-state index contributed by atoms with van der Waals surface area (Å²) in [6, 6.07) is 0.858. The van der Waals surface area contributed by atoms with E-state index in [0.29, 0.717) is 0 Å². The molecule has 5 heteroatoms. The minimum Gasteiger partial charge on any atom is -0.398 e. The predicted molar refractivity (Wildman–Crippen MR) is 53.3 cm³/mol. The fourth-order valence-corrected chi connectivity index (χ4v) is 2.06. The van der Waals surface area contributed by atoms with Gasteiger partial charge < -0.3 is 14.0 Å². The van der Waals surface area contributed by atoms with Crippen molar-refractivity contribution < 1.29 is 14.0 Å². The number of hydrogen-bond acceptors (Lipinski definition) is 3. The summed E-state index contributed by atoms with van der Waals surface area (Å²) in [6.07, 6.45) is 0.768. The SMILES string of the molecule is CO[Si](C)(CCCO)OC.P. The smallest absolute Gasteiger partial charge is 0.334 e. The highest BCUT2D eigenvalue weighted by molar-refractivity contribution is 6.92. The number of rotatable bonds is 5. The van der Waals surface area contributed by atoms with Crippen molar-refractivity contribution in [1.82, 2.24) is 0 Å². The molecule has 0 saturated heterocycles. The van der Waals surface area contributed by atoms with Crippen molar-refractivity contribution in [1.29, 1.82) is 0 Å². The number of hydrogen-bond donors (Lipinski definition) is 1. The Morgan fingerprint density at radius 2 is 1.73 bits per heavy atom. The second-order valence-electron chi connectivity index (χ2n) is 2.37. The molecule has 0 heterocycles. The molecule has 0 spiro atoms. The van der Waals surface area contributed by atoms with Crippen molar-refractivity contribution in [2.24, 2.45) is 0 Å². The van der Waals surface area contributed by atoms with Gasteiger partial charge in [0.15, 0.2) is 0 Å². The van der Waals surface area contributed by atoms with E-state index in [1.165, 1.54) is 0 Å². The van der Waals surface area contributed by atoms with Crippen LogP contribution >= 0.6 is 9.90 Å². The van der Waals surface area contributed by atoms with Crippen LogP contribution in [0.2, 0.25) is 12.6 Å². The Kier molecular flexibility index (Phi) is 9.20. The van der Waals surface area contributed by atoms with Gasteiger partial charge in [0, 0.05) is 20.8 Å². The molecule has 0 rings (SSSR count). The molecule has 0 aromatic heterocycles. The van der Waals surface area contributed by atoms with E-state index in [1.807, 2.05) is 6.55 Å². The topological polar surface area (TPSA) is 38.7 Å². The Hall–Kier alpha value is 0.527. The minimum atomic E-state index is -1.88. The van der Waals surface area contributed by atoms with Crippen molar-refractivity contribution in [3.63, 3.8) is 0 Å². The average molecular weight is 198 g/mol. The predicted octanol–water partition coefficient (Wildman–Crippen LogP) is 0.792. The summed E-state index contributed by atoms with van der Waals surface area (Å²) < 4.78 is 10.4. The monoisotopic (exact) mass is 198 g/mol. The third-order valence-corrected chi connectivity index (χ3v) is 4.64. The van der Waals surface area contributed by atoms with Gasteiger partial charge in [-0.25, -0.2) is 0 Å². The van der Waals surface area contributed by atoms with Gasteiger partial charge in [-0.1, -0.05) is 0 Å². The normalized spacial score (nSPS) is 10.9. The molecule has 11 heavy (non-hydrogen) atoms. The first-order valence-electron chi connectivity index (χ1n) is 3.39. The fraction of sp³-hybridized carbons (Fsp3) is 1.00. The highest BCUT2D eigenvalue weighted by Crippen LogP contribution is 2.12. The first-order valence-corrected chi connectivity index (χ1v) is 5.92. The van der Waals surface area contributed by atoms with Crippen LogP contribution in [-0.4, -0.2) is 34.5 Å². The van der Waals surface area contributed by atoms with Gasteiger partial charge in [0.25, 0.3) is 0 Å². The zero-order valence-corrected chi connectivity index (χ0v) is 10.0. The Morgan fingerprint density at radius 1 is 1.27 bits per heavy atom. The van der Waals surface area contributed by atoms with Crippen LogP contribution in [0, 0.1) is 0 Å². The molecule has 0 aliphatic carbocycles. The van der Waals surface area contributed by atoms with Crippen LogP contribution in [0.5, 0.6) is 0 Å². The molecular formula is C6H19O3PSi. The molecule has 0 bridgehead atoms. The summed E-state index contributed by atoms with van der Waals surface area (Å²) in [4.78, 5) is 0. The lowest BCUT2D eigenvalue weighted by atomic mass is 10.5. The Morgan fingerprint density at radius 3 is 2.00 bits per heavy atom. The molecule has 1 unspecified atom stereocenters. The van der Waals surface area contributed by atoms with Crippen molar-refractivity contribution in [2.45, 2.75) is 19.0 Å². The first kappa shape index (κ1) is 14.1. The molecular weight excluding hydrogens is 179 g/mol. The van der Waals surface area contributed by atoms with Crippen LogP contribution in [0.25, 0.3) is 0 Å². The quantitative estimate of drug-likeness (QED) is 0.524. The lowest BCUT2D eigenvalue weighted by molar-refractivity contribution is 0.238. The van der Waals surface area contributed by atoms with Gasteiger partial charge in [0.2, 0.25) is 0 Å². The summed E-state index contributed by atoms with van der Waals surface area (Å²) in [7, 11) is 1.44. The molecule has 3 nitrogen and oxygen atoms in total. The standard InChI is InChI=1S/C6H16O3Si.H3P/c1-8-10(3,9-2)6-4-5-7;/h7H,4-6H2,1-3H3;1H3. The highest BCUT2D eigenvalue weighted by Gasteiger charge is 2.27. The molecule has 0 saturated carbocycles. The maximum absolute atomic E-state index is 8.53. The van der Waals surface area contributed by atoms with Gasteiger partial charge in [-0.3, -0.25) is 0 Å². The Labute approximate surface area is 73.0 Å². The number of aliphatic hydroxyl groups excluding tert-OH is 1. The lowest BCUT2D eigenvalue weighted by Crippen LogP contribution is -2.35. The zero-order chi connectivity index (χ0) is 8.04. The van der Waals surface area contributed by atoms with E-state index in [2.05, 4.69) is 0 Å². The third-order valence-electron chi connectivity index (χ3n) is 1.65. The van der Waals surface area contributed by atoms with Crippen LogP contribution in [0.4, 0.5) is 0 Å². The minimum absolute atomic E-state index is 0. The largest absolute Gasteiger partial charge is 0.398 e. The lowest BCUT2D eigenvalue weighted by Gasteiger charge is -2.21. The zero-order valence-electron chi connectivity index (χ0n) is 7.59. The highest BCUT2D eigenvalue weighted by atomic mass is 31.0. The van der Waals surface area contributed by atoms with E-state index in [9.17, 15) is 0 Å². The van der Waals surface area contributed by atoms with E-state index in [-0.39, 0.29) is 16.5 Å². The van der Waals surface area contributed by atoms with Crippen LogP contribution in [0.1, 0.15) is 6.42 Å². The van der Waals surface area contributed by atoms with E-state index < -0.39 is 8.56 Å². The second kappa shape index (κ2) is 7.19. The van der Waals surface area contributed by atoms with E-state index in [0.717, 1.165) is 12.5 Å².